The molecule has 0 atom stereocenters. The highest BCUT2D eigenvalue weighted by Gasteiger charge is 2.27. The van der Waals surface area contributed by atoms with Gasteiger partial charge in [0, 0.05) is 6.54 Å². The zero-order valence-corrected chi connectivity index (χ0v) is 11.0. The van der Waals surface area contributed by atoms with E-state index in [1.807, 2.05) is 0 Å². The van der Waals surface area contributed by atoms with Crippen molar-refractivity contribution in [3.63, 3.8) is 0 Å². The third-order valence-electron chi connectivity index (χ3n) is 2.14. The van der Waals surface area contributed by atoms with Gasteiger partial charge in [-0.2, -0.15) is 5.10 Å². The quantitative estimate of drug-likeness (QED) is 0.436. The standard InChI is InChI=1S/C9H15N3O6S/c1-6-8(7(9(14)15)12-11-6)19(16,17)10-2-4-18-5-3-13/h10,13H,2-5H2,1H3,(H,11,12)(H,14,15). The molecule has 0 aliphatic carbocycles. The Kier molecular flexibility index (Phi) is 5.42. The van der Waals surface area contributed by atoms with Crippen LogP contribution in [0.4, 0.5) is 0 Å². The summed E-state index contributed by atoms with van der Waals surface area (Å²) in [6.45, 7) is 1.39. The maximum atomic E-state index is 11.9. The smallest absolute Gasteiger partial charge is 0.357 e. The Hall–Kier alpha value is -1.49. The van der Waals surface area contributed by atoms with E-state index in [1.165, 1.54) is 6.92 Å². The van der Waals surface area contributed by atoms with Crippen molar-refractivity contribution >= 4 is 16.0 Å². The highest BCUT2D eigenvalue weighted by molar-refractivity contribution is 7.89. The first-order valence-corrected chi connectivity index (χ1v) is 6.85. The summed E-state index contributed by atoms with van der Waals surface area (Å²) >= 11 is 0. The number of aromatic amines is 1. The number of aryl methyl sites for hydroxylation is 1. The molecule has 9 nitrogen and oxygen atoms in total. The third kappa shape index (κ3) is 3.99. The summed E-state index contributed by atoms with van der Waals surface area (Å²) in [5, 5.41) is 23.1. The van der Waals surface area contributed by atoms with Crippen molar-refractivity contribution < 1.29 is 28.2 Å². The van der Waals surface area contributed by atoms with Crippen LogP contribution in [0.3, 0.4) is 0 Å². The minimum atomic E-state index is -3.98. The van der Waals surface area contributed by atoms with Gasteiger partial charge in [-0.25, -0.2) is 17.9 Å². The average Bonchev–Trinajstić information content (AvgIpc) is 2.71. The number of sulfonamides is 1. The molecule has 0 unspecified atom stereocenters. The molecule has 0 spiro atoms. The van der Waals surface area contributed by atoms with Gasteiger partial charge in [-0.05, 0) is 6.92 Å². The van der Waals surface area contributed by atoms with Crippen LogP contribution in [0, 0.1) is 6.92 Å². The van der Waals surface area contributed by atoms with Gasteiger partial charge >= 0.3 is 5.97 Å². The molecule has 1 aromatic rings. The van der Waals surface area contributed by atoms with Crippen LogP contribution in [-0.2, 0) is 14.8 Å². The SMILES string of the molecule is Cc1[nH]nc(C(=O)O)c1S(=O)(=O)NCCOCCO. The Morgan fingerprint density at radius 2 is 2.16 bits per heavy atom. The second-order valence-corrected chi connectivity index (χ2v) is 5.27. The molecule has 0 aliphatic rings. The summed E-state index contributed by atoms with van der Waals surface area (Å²) in [6, 6.07) is 0. The number of carbonyl (C=O) groups is 1. The van der Waals surface area contributed by atoms with E-state index in [-0.39, 0.29) is 37.0 Å². The number of hydrogen-bond donors (Lipinski definition) is 4. The van der Waals surface area contributed by atoms with Crippen LogP contribution in [0.2, 0.25) is 0 Å². The van der Waals surface area contributed by atoms with E-state index >= 15 is 0 Å². The Balaban J connectivity index is 2.77. The molecule has 0 bridgehead atoms. The van der Waals surface area contributed by atoms with Gasteiger partial charge in [0.15, 0.2) is 5.69 Å². The lowest BCUT2D eigenvalue weighted by Crippen LogP contribution is -2.29. The molecule has 19 heavy (non-hydrogen) atoms. The van der Waals surface area contributed by atoms with E-state index in [9.17, 15) is 13.2 Å². The largest absolute Gasteiger partial charge is 0.476 e. The molecule has 0 amide bonds. The molecule has 0 fully saturated rings. The van der Waals surface area contributed by atoms with Crippen molar-refractivity contribution in [2.45, 2.75) is 11.8 Å². The monoisotopic (exact) mass is 293 g/mol. The van der Waals surface area contributed by atoms with Crippen molar-refractivity contribution in [3.05, 3.63) is 11.4 Å². The molecule has 1 heterocycles. The molecule has 108 valence electrons. The summed E-state index contributed by atoms with van der Waals surface area (Å²) in [7, 11) is -3.98. The zero-order valence-electron chi connectivity index (χ0n) is 10.2. The molecule has 0 aromatic carbocycles. The van der Waals surface area contributed by atoms with Gasteiger partial charge in [0.1, 0.15) is 4.90 Å². The Morgan fingerprint density at radius 1 is 1.47 bits per heavy atom. The summed E-state index contributed by atoms with van der Waals surface area (Å²) in [5.74, 6) is -1.43. The number of ether oxygens (including phenoxy) is 1. The number of H-pyrrole nitrogens is 1. The van der Waals surface area contributed by atoms with Crippen molar-refractivity contribution in [3.8, 4) is 0 Å². The van der Waals surface area contributed by atoms with Crippen LogP contribution < -0.4 is 4.72 Å². The maximum Gasteiger partial charge on any atom is 0.357 e. The lowest BCUT2D eigenvalue weighted by Gasteiger charge is -2.07. The number of nitrogens with one attached hydrogen (secondary N) is 2. The van der Waals surface area contributed by atoms with E-state index in [1.54, 1.807) is 0 Å². The molecule has 0 saturated carbocycles. The zero-order chi connectivity index (χ0) is 14.5. The molecule has 0 radical (unpaired) electrons. The van der Waals surface area contributed by atoms with Crippen LogP contribution in [0.15, 0.2) is 4.90 Å². The number of aliphatic hydroxyl groups is 1. The number of hydrogen-bond acceptors (Lipinski definition) is 6. The number of aromatic nitrogens is 2. The predicted octanol–water partition coefficient (Wildman–Crippen LogP) is -1.30. The van der Waals surface area contributed by atoms with E-state index < -0.39 is 21.7 Å². The number of aliphatic hydroxyl groups excluding tert-OH is 1. The fraction of sp³-hybridized carbons (Fsp3) is 0.556. The van der Waals surface area contributed by atoms with Gasteiger partial charge in [-0.15, -0.1) is 0 Å². The van der Waals surface area contributed by atoms with Crippen molar-refractivity contribution in [2.75, 3.05) is 26.4 Å². The second kappa shape index (κ2) is 6.61. The summed E-state index contributed by atoms with van der Waals surface area (Å²) < 4.78 is 31.0. The number of nitrogens with zero attached hydrogens (tertiary/aromatic N) is 1. The summed E-state index contributed by atoms with van der Waals surface area (Å²) in [5.41, 5.74) is -0.414. The van der Waals surface area contributed by atoms with Gasteiger partial charge in [-0.3, -0.25) is 5.10 Å². The first kappa shape index (κ1) is 15.6. The fourth-order valence-corrected chi connectivity index (χ4v) is 2.71. The molecule has 4 N–H and O–H groups in total. The van der Waals surface area contributed by atoms with Gasteiger partial charge in [-0.1, -0.05) is 0 Å². The lowest BCUT2D eigenvalue weighted by atomic mass is 10.4. The van der Waals surface area contributed by atoms with Crippen LogP contribution in [0.1, 0.15) is 16.2 Å². The molecular weight excluding hydrogens is 278 g/mol. The van der Waals surface area contributed by atoms with E-state index in [2.05, 4.69) is 14.9 Å². The number of carboxylic acids is 1. The van der Waals surface area contributed by atoms with Gasteiger partial charge in [0.25, 0.3) is 0 Å². The minimum Gasteiger partial charge on any atom is -0.476 e. The van der Waals surface area contributed by atoms with Crippen LogP contribution in [0.25, 0.3) is 0 Å². The Bertz CT molecular complexity index is 538. The van der Waals surface area contributed by atoms with Crippen LogP contribution in [0.5, 0.6) is 0 Å². The lowest BCUT2D eigenvalue weighted by molar-refractivity contribution is 0.0686. The molecule has 1 rings (SSSR count). The van der Waals surface area contributed by atoms with Gasteiger partial charge < -0.3 is 14.9 Å². The van der Waals surface area contributed by atoms with Gasteiger partial charge in [0.05, 0.1) is 25.5 Å². The van der Waals surface area contributed by atoms with E-state index in [0.717, 1.165) is 0 Å². The molecular formula is C9H15N3O6S. The normalized spacial score (nSPS) is 11.7. The average molecular weight is 293 g/mol. The summed E-state index contributed by atoms with van der Waals surface area (Å²) in [4.78, 5) is 10.5. The topological polar surface area (TPSA) is 142 Å². The van der Waals surface area contributed by atoms with Crippen LogP contribution >= 0.6 is 0 Å². The van der Waals surface area contributed by atoms with Crippen molar-refractivity contribution in [1.29, 1.82) is 0 Å². The van der Waals surface area contributed by atoms with E-state index in [4.69, 9.17) is 14.9 Å². The Morgan fingerprint density at radius 3 is 2.74 bits per heavy atom. The van der Waals surface area contributed by atoms with Crippen molar-refractivity contribution in [1.82, 2.24) is 14.9 Å². The van der Waals surface area contributed by atoms with Crippen LogP contribution in [-0.4, -0.2) is 61.2 Å². The summed E-state index contributed by atoms with van der Waals surface area (Å²) in [6.07, 6.45) is 0. The first-order chi connectivity index (χ1) is 8.90. The molecule has 10 heteroatoms. The minimum absolute atomic E-state index is 0.0357. The molecule has 0 saturated heterocycles. The highest BCUT2D eigenvalue weighted by atomic mass is 32.2. The third-order valence-corrected chi connectivity index (χ3v) is 3.76. The molecule has 0 aliphatic heterocycles. The number of rotatable bonds is 8. The first-order valence-electron chi connectivity index (χ1n) is 5.36. The number of carboxylic acid groups (broad SMARTS) is 1. The fourth-order valence-electron chi connectivity index (χ4n) is 1.38. The maximum absolute atomic E-state index is 11.9. The Labute approximate surface area is 109 Å². The van der Waals surface area contributed by atoms with Crippen molar-refractivity contribution in [2.24, 2.45) is 0 Å². The highest BCUT2D eigenvalue weighted by Crippen LogP contribution is 2.17. The van der Waals surface area contributed by atoms with Gasteiger partial charge in [0.2, 0.25) is 10.0 Å². The molecule has 1 aromatic heterocycles. The second-order valence-electron chi connectivity index (χ2n) is 3.57. The van der Waals surface area contributed by atoms with E-state index in [0.29, 0.717) is 0 Å². The number of aromatic carboxylic acids is 1. The predicted molar refractivity (Wildman–Crippen MR) is 63.4 cm³/mol.